The molecule has 1 heterocycles. The van der Waals surface area contributed by atoms with Gasteiger partial charge in [-0.05, 0) is 40.3 Å². The Morgan fingerprint density at radius 3 is 2.21 bits per heavy atom. The molecule has 0 N–H and O–H groups in total. The van der Waals surface area contributed by atoms with Crippen molar-refractivity contribution in [1.29, 1.82) is 0 Å². The summed E-state index contributed by atoms with van der Waals surface area (Å²) in [5.41, 5.74) is 6.60. The first kappa shape index (κ1) is 25.9. The summed E-state index contributed by atoms with van der Waals surface area (Å²) in [5.74, 6) is 1.07. The van der Waals surface area contributed by atoms with Crippen LogP contribution in [-0.4, -0.2) is 14.5 Å². The first-order valence-corrected chi connectivity index (χ1v) is 14.1. The number of unbranched alkanes of at least 4 members (excludes halogenated alkanes) is 1. The van der Waals surface area contributed by atoms with Crippen LogP contribution in [0.2, 0.25) is 0 Å². The van der Waals surface area contributed by atoms with Gasteiger partial charge in [-0.1, -0.05) is 124 Å². The van der Waals surface area contributed by atoms with Crippen molar-refractivity contribution in [1.82, 2.24) is 14.5 Å². The summed E-state index contributed by atoms with van der Waals surface area (Å²) in [5, 5.41) is 2.64. The molecule has 0 aliphatic rings. The topological polar surface area (TPSA) is 21.1 Å². The van der Waals surface area contributed by atoms with Gasteiger partial charge in [-0.3, -0.25) is 4.90 Å². The summed E-state index contributed by atoms with van der Waals surface area (Å²) >= 11 is 0. The van der Waals surface area contributed by atoms with Gasteiger partial charge in [0.25, 0.3) is 0 Å². The minimum absolute atomic E-state index is 0.851. The zero-order valence-corrected chi connectivity index (χ0v) is 22.8. The Labute approximate surface area is 227 Å². The molecule has 0 bridgehead atoms. The second-order valence-corrected chi connectivity index (χ2v) is 10.3. The van der Waals surface area contributed by atoms with Gasteiger partial charge in [0.2, 0.25) is 0 Å². The van der Waals surface area contributed by atoms with Crippen LogP contribution in [0.5, 0.6) is 0 Å². The molecule has 3 heteroatoms. The Kier molecular flexibility index (Phi) is 8.67. The highest BCUT2D eigenvalue weighted by Crippen LogP contribution is 2.25. The largest absolute Gasteiger partial charge is 0.327 e. The molecule has 1 aromatic heterocycles. The molecule has 0 spiro atoms. The van der Waals surface area contributed by atoms with E-state index in [2.05, 4.69) is 127 Å². The molecule has 0 saturated carbocycles. The second-order valence-electron chi connectivity index (χ2n) is 10.3. The highest BCUT2D eigenvalue weighted by atomic mass is 15.2. The van der Waals surface area contributed by atoms with E-state index in [9.17, 15) is 0 Å². The number of hydrogen-bond acceptors (Lipinski definition) is 2. The van der Waals surface area contributed by atoms with Gasteiger partial charge in [0.15, 0.2) is 0 Å². The van der Waals surface area contributed by atoms with Crippen molar-refractivity contribution in [2.75, 3.05) is 0 Å². The predicted molar refractivity (Wildman–Crippen MR) is 160 cm³/mol. The van der Waals surface area contributed by atoms with E-state index in [1.807, 2.05) is 0 Å². The van der Waals surface area contributed by atoms with Gasteiger partial charge in [0, 0.05) is 31.7 Å². The molecule has 3 nitrogen and oxygen atoms in total. The van der Waals surface area contributed by atoms with Gasteiger partial charge in [-0.25, -0.2) is 4.98 Å². The fourth-order valence-electron chi connectivity index (χ4n) is 5.35. The Hall–Kier alpha value is -3.69. The maximum Gasteiger partial charge on any atom is 0.140 e. The molecule has 0 saturated heterocycles. The van der Waals surface area contributed by atoms with Crippen LogP contribution in [0.25, 0.3) is 22.2 Å². The third-order valence-corrected chi connectivity index (χ3v) is 7.33. The fraction of sp³-hybridized carbons (Fsp3) is 0.286. The number of rotatable bonds is 12. The van der Waals surface area contributed by atoms with Crippen LogP contribution in [0.1, 0.15) is 55.5 Å². The zero-order chi connectivity index (χ0) is 26.2. The summed E-state index contributed by atoms with van der Waals surface area (Å²) in [4.78, 5) is 7.50. The predicted octanol–water partition coefficient (Wildman–Crippen LogP) is 8.66. The number of nitrogens with zero attached hydrogens (tertiary/aromatic N) is 3. The first-order chi connectivity index (χ1) is 18.7. The SMILES string of the molecule is CCCCn1c(CN(Cc2ccc(CCC)cc2)Cc2cccc3ccccc23)cnc1-c1ccccc1. The van der Waals surface area contributed by atoms with E-state index in [-0.39, 0.29) is 0 Å². The summed E-state index contributed by atoms with van der Waals surface area (Å²) in [6.45, 7) is 8.12. The van der Waals surface area contributed by atoms with Crippen molar-refractivity contribution in [2.45, 2.75) is 65.7 Å². The Bertz CT molecular complexity index is 1430. The number of hydrogen-bond donors (Lipinski definition) is 0. The van der Waals surface area contributed by atoms with E-state index < -0.39 is 0 Å². The van der Waals surface area contributed by atoms with Gasteiger partial charge in [-0.2, -0.15) is 0 Å². The number of imidazole rings is 1. The Morgan fingerprint density at radius 2 is 1.42 bits per heavy atom. The average Bonchev–Trinajstić information content (AvgIpc) is 3.35. The quantitative estimate of drug-likeness (QED) is 0.170. The monoisotopic (exact) mass is 501 g/mol. The van der Waals surface area contributed by atoms with Crippen molar-refractivity contribution in [3.63, 3.8) is 0 Å². The van der Waals surface area contributed by atoms with Crippen LogP contribution in [0.4, 0.5) is 0 Å². The minimum atomic E-state index is 0.851. The fourth-order valence-corrected chi connectivity index (χ4v) is 5.35. The lowest BCUT2D eigenvalue weighted by Crippen LogP contribution is -2.24. The molecule has 0 aliphatic carbocycles. The second kappa shape index (κ2) is 12.7. The maximum atomic E-state index is 4.92. The lowest BCUT2D eigenvalue weighted by Gasteiger charge is -2.24. The molecule has 0 radical (unpaired) electrons. The average molecular weight is 502 g/mol. The number of aryl methyl sites for hydroxylation is 1. The molecule has 0 amide bonds. The Morgan fingerprint density at radius 1 is 0.684 bits per heavy atom. The molecule has 194 valence electrons. The van der Waals surface area contributed by atoms with Gasteiger partial charge in [0.1, 0.15) is 5.82 Å². The van der Waals surface area contributed by atoms with Gasteiger partial charge < -0.3 is 4.57 Å². The molecule has 5 rings (SSSR count). The number of benzene rings is 4. The third-order valence-electron chi connectivity index (χ3n) is 7.33. The molecule has 0 fully saturated rings. The smallest absolute Gasteiger partial charge is 0.140 e. The van der Waals surface area contributed by atoms with E-state index in [4.69, 9.17) is 4.98 Å². The number of aromatic nitrogens is 2. The standard InChI is InChI=1S/C35H39N3/c1-3-5-23-38-33(24-36-35(38)31-14-7-6-8-15-31)27-37(25-29-21-19-28(12-4-2)20-22-29)26-32-17-11-16-30-13-9-10-18-34(30)32/h6-11,13-22,24H,3-5,12,23,25-27H2,1-2H3. The maximum absolute atomic E-state index is 4.92. The van der Waals surface area contributed by atoms with Gasteiger partial charge in [0.05, 0.1) is 11.9 Å². The van der Waals surface area contributed by atoms with Crippen molar-refractivity contribution in [3.8, 4) is 11.4 Å². The normalized spacial score (nSPS) is 11.4. The summed E-state index contributed by atoms with van der Waals surface area (Å²) < 4.78 is 2.44. The van der Waals surface area contributed by atoms with E-state index in [0.29, 0.717) is 0 Å². The van der Waals surface area contributed by atoms with Crippen molar-refractivity contribution in [3.05, 3.63) is 126 Å². The van der Waals surface area contributed by atoms with Crippen LogP contribution in [0.3, 0.4) is 0 Å². The molecule has 38 heavy (non-hydrogen) atoms. The van der Waals surface area contributed by atoms with Crippen LogP contribution in [0.15, 0.2) is 103 Å². The van der Waals surface area contributed by atoms with E-state index in [0.717, 1.165) is 51.3 Å². The molecule has 0 aliphatic heterocycles. The third kappa shape index (κ3) is 6.23. The van der Waals surface area contributed by atoms with Crippen LogP contribution < -0.4 is 0 Å². The van der Waals surface area contributed by atoms with Crippen LogP contribution >= 0.6 is 0 Å². The lowest BCUT2D eigenvalue weighted by molar-refractivity contribution is 0.242. The van der Waals surface area contributed by atoms with Gasteiger partial charge in [-0.15, -0.1) is 0 Å². The highest BCUT2D eigenvalue weighted by Gasteiger charge is 2.17. The van der Waals surface area contributed by atoms with Crippen molar-refractivity contribution >= 4 is 10.8 Å². The molecule has 0 atom stereocenters. The molecule has 5 aromatic rings. The summed E-state index contributed by atoms with van der Waals surface area (Å²) in [6, 6.07) is 35.2. The first-order valence-electron chi connectivity index (χ1n) is 14.1. The van der Waals surface area contributed by atoms with Crippen molar-refractivity contribution in [2.24, 2.45) is 0 Å². The minimum Gasteiger partial charge on any atom is -0.327 e. The van der Waals surface area contributed by atoms with Crippen molar-refractivity contribution < 1.29 is 0 Å². The molecule has 0 unspecified atom stereocenters. The van der Waals surface area contributed by atoms with Crippen LogP contribution in [-0.2, 0) is 32.6 Å². The van der Waals surface area contributed by atoms with E-state index >= 15 is 0 Å². The Balaban J connectivity index is 1.48. The number of fused-ring (bicyclic) bond motifs is 1. The molecular formula is C35H39N3. The van der Waals surface area contributed by atoms with Crippen LogP contribution in [0, 0.1) is 0 Å². The van der Waals surface area contributed by atoms with E-state index in [1.54, 1.807) is 0 Å². The highest BCUT2D eigenvalue weighted by molar-refractivity contribution is 5.85. The molecular weight excluding hydrogens is 462 g/mol. The summed E-state index contributed by atoms with van der Waals surface area (Å²) in [6.07, 6.45) is 6.72. The van der Waals surface area contributed by atoms with Gasteiger partial charge >= 0.3 is 0 Å². The molecule has 4 aromatic carbocycles. The van der Waals surface area contributed by atoms with E-state index in [1.165, 1.54) is 45.1 Å². The summed E-state index contributed by atoms with van der Waals surface area (Å²) in [7, 11) is 0. The lowest BCUT2D eigenvalue weighted by atomic mass is 10.0. The zero-order valence-electron chi connectivity index (χ0n) is 22.8.